The first-order valence-corrected chi connectivity index (χ1v) is 15.3. The van der Waals surface area contributed by atoms with Gasteiger partial charge in [-0.05, 0) is 24.5 Å². The minimum Gasteiger partial charge on any atom is -0.446 e. The fraction of sp³-hybridized carbons (Fsp3) is 0.400. The van der Waals surface area contributed by atoms with Crippen molar-refractivity contribution in [3.8, 4) is 0 Å². The average molecular weight is 610 g/mol. The van der Waals surface area contributed by atoms with Crippen LogP contribution in [-0.2, 0) is 55.9 Å². The van der Waals surface area contributed by atoms with Gasteiger partial charge in [0, 0.05) is 29.7 Å². The Morgan fingerprint density at radius 1 is 1.00 bits per heavy atom. The smallest absolute Gasteiger partial charge is 0.339 e. The van der Waals surface area contributed by atoms with E-state index in [0.29, 0.717) is 6.07 Å². The molecule has 0 saturated heterocycles. The minimum atomic E-state index is -5.42. The number of hydrogen-bond acceptors (Lipinski definition) is 13. The number of ether oxygens (including phenoxy) is 1. The van der Waals surface area contributed by atoms with Gasteiger partial charge in [0.25, 0.3) is 30.4 Å². The highest BCUT2D eigenvalue weighted by Crippen LogP contribution is 2.45. The largest absolute Gasteiger partial charge is 0.446 e. The SMILES string of the molecule is Nc1c(S(=O)(=O)O)cc2c3c(c(=O)oc2c1S(=O)(=O)O)CCC3C(CC(=O)OC1C(=O)CCC1=O)S(=O)(=O)O. The highest BCUT2D eigenvalue weighted by atomic mass is 32.2. The molecule has 4 rings (SSSR count). The fourth-order valence-corrected chi connectivity index (χ4v) is 7.44. The number of carbonyl (C=O) groups excluding carboxylic acids is 3. The van der Waals surface area contributed by atoms with Crippen molar-refractivity contribution in [2.75, 3.05) is 5.73 Å². The van der Waals surface area contributed by atoms with E-state index in [1.165, 1.54) is 0 Å². The molecular weight excluding hydrogens is 590 g/mol. The molecule has 2 unspecified atom stereocenters. The van der Waals surface area contributed by atoms with Crippen molar-refractivity contribution in [1.29, 1.82) is 0 Å². The van der Waals surface area contributed by atoms with Crippen molar-refractivity contribution in [2.24, 2.45) is 0 Å². The number of carbonyl (C=O) groups is 3. The van der Waals surface area contributed by atoms with Gasteiger partial charge in [-0.15, -0.1) is 0 Å². The van der Waals surface area contributed by atoms with Crippen molar-refractivity contribution in [3.63, 3.8) is 0 Å². The Morgan fingerprint density at radius 3 is 2.10 bits per heavy atom. The summed E-state index contributed by atoms with van der Waals surface area (Å²) in [7, 11) is -15.9. The van der Waals surface area contributed by atoms with Gasteiger partial charge in [0.1, 0.15) is 10.1 Å². The van der Waals surface area contributed by atoms with Crippen LogP contribution >= 0.6 is 0 Å². The summed E-state index contributed by atoms with van der Waals surface area (Å²) >= 11 is 0. The molecule has 1 fully saturated rings. The summed E-state index contributed by atoms with van der Waals surface area (Å²) in [5.74, 6) is -4.29. The molecular formula is C20H19NO15S3. The predicted molar refractivity (Wildman–Crippen MR) is 127 cm³/mol. The van der Waals surface area contributed by atoms with E-state index in [4.69, 9.17) is 14.9 Å². The second-order valence-electron chi connectivity index (χ2n) is 8.93. The standard InChI is InChI=1S/C20H19NO15S3/c21-16-13(38(29,30)31)5-9-15-7(1-2-8(15)20(25)36-17(9)19(16)39(32,33)34)12(37(26,27)28)6-14(24)35-18-10(22)3-4-11(18)23/h5,7,12,18H,1-4,6,21H2,(H,26,27,28)(H,29,30,31)(H,32,33,34). The van der Waals surface area contributed by atoms with Gasteiger partial charge < -0.3 is 14.9 Å². The lowest BCUT2D eigenvalue weighted by atomic mass is 9.93. The number of nitrogens with two attached hydrogens (primary N) is 1. The number of nitrogen functional groups attached to an aromatic ring is 1. The van der Waals surface area contributed by atoms with E-state index in [9.17, 15) is 58.1 Å². The molecule has 2 aliphatic rings. The molecule has 5 N–H and O–H groups in total. The monoisotopic (exact) mass is 609 g/mol. The Hall–Kier alpha value is -3.23. The first kappa shape index (κ1) is 28.8. The van der Waals surface area contributed by atoms with Crippen LogP contribution in [-0.4, -0.2) is 67.8 Å². The summed E-state index contributed by atoms with van der Waals surface area (Å²) in [5, 5.41) is -2.67. The van der Waals surface area contributed by atoms with Crippen LogP contribution < -0.4 is 11.4 Å². The lowest BCUT2D eigenvalue weighted by Crippen LogP contribution is -2.34. The summed E-state index contributed by atoms with van der Waals surface area (Å²) in [6.07, 6.45) is -3.78. The maximum Gasteiger partial charge on any atom is 0.339 e. The van der Waals surface area contributed by atoms with Crippen LogP contribution in [0.1, 0.15) is 42.7 Å². The van der Waals surface area contributed by atoms with E-state index >= 15 is 0 Å². The molecule has 39 heavy (non-hydrogen) atoms. The van der Waals surface area contributed by atoms with E-state index in [-0.39, 0.29) is 36.8 Å². The van der Waals surface area contributed by atoms with Gasteiger partial charge in [-0.25, -0.2) is 4.79 Å². The third-order valence-electron chi connectivity index (χ3n) is 6.56. The highest BCUT2D eigenvalue weighted by Gasteiger charge is 2.44. The van der Waals surface area contributed by atoms with Gasteiger partial charge in [0.05, 0.1) is 12.1 Å². The number of Topliss-reactive ketones (excluding diaryl/α,β-unsaturated/α-hetero) is 2. The minimum absolute atomic E-state index is 0.189. The zero-order valence-corrected chi connectivity index (χ0v) is 21.8. The molecule has 0 amide bonds. The number of hydrogen-bond donors (Lipinski definition) is 4. The van der Waals surface area contributed by atoms with Crippen LogP contribution in [0.5, 0.6) is 0 Å². The number of esters is 1. The van der Waals surface area contributed by atoms with E-state index < -0.39 is 104 Å². The Kier molecular flexibility index (Phi) is 6.97. The summed E-state index contributed by atoms with van der Waals surface area (Å²) in [6.45, 7) is 0. The zero-order chi connectivity index (χ0) is 29.2. The Morgan fingerprint density at radius 2 is 1.59 bits per heavy atom. The van der Waals surface area contributed by atoms with Crippen LogP contribution in [0.4, 0.5) is 5.69 Å². The summed E-state index contributed by atoms with van der Waals surface area (Å²) < 4.78 is 112. The highest BCUT2D eigenvalue weighted by molar-refractivity contribution is 7.87. The van der Waals surface area contributed by atoms with Gasteiger partial charge in [-0.3, -0.25) is 28.0 Å². The van der Waals surface area contributed by atoms with Crippen molar-refractivity contribution in [3.05, 3.63) is 27.6 Å². The maximum atomic E-state index is 12.7. The van der Waals surface area contributed by atoms with Crippen LogP contribution in [0, 0.1) is 0 Å². The van der Waals surface area contributed by atoms with Gasteiger partial charge >= 0.3 is 11.6 Å². The molecule has 1 aromatic heterocycles. The molecule has 2 aromatic rings. The van der Waals surface area contributed by atoms with Crippen molar-refractivity contribution < 1.29 is 62.4 Å². The molecule has 0 bridgehead atoms. The predicted octanol–water partition coefficient (Wildman–Crippen LogP) is -0.611. The molecule has 2 aliphatic carbocycles. The third kappa shape index (κ3) is 5.20. The molecule has 1 heterocycles. The van der Waals surface area contributed by atoms with Gasteiger partial charge in [-0.1, -0.05) is 0 Å². The number of benzene rings is 1. The maximum absolute atomic E-state index is 12.7. The quantitative estimate of drug-likeness (QED) is 0.100. The van der Waals surface area contributed by atoms with Gasteiger partial charge in [0.2, 0.25) is 6.10 Å². The fourth-order valence-electron chi connectivity index (χ4n) is 4.92. The number of anilines is 1. The van der Waals surface area contributed by atoms with Crippen molar-refractivity contribution in [1.82, 2.24) is 0 Å². The Balaban J connectivity index is 1.93. The third-order valence-corrected chi connectivity index (χ3v) is 9.63. The summed E-state index contributed by atoms with van der Waals surface area (Å²) in [6, 6.07) is 0.587. The molecule has 1 saturated carbocycles. The van der Waals surface area contributed by atoms with Crippen LogP contribution in [0.25, 0.3) is 11.0 Å². The second-order valence-corrected chi connectivity index (χ2v) is 13.3. The van der Waals surface area contributed by atoms with Crippen molar-refractivity contribution in [2.45, 2.75) is 59.2 Å². The zero-order valence-electron chi connectivity index (χ0n) is 19.4. The Bertz CT molecular complexity index is 1820. The molecule has 1 aromatic carbocycles. The van der Waals surface area contributed by atoms with Crippen LogP contribution in [0.3, 0.4) is 0 Å². The van der Waals surface area contributed by atoms with Gasteiger partial charge in [0.15, 0.2) is 22.0 Å². The number of ketones is 2. The van der Waals surface area contributed by atoms with E-state index in [2.05, 4.69) is 0 Å². The molecule has 0 aliphatic heterocycles. The second kappa shape index (κ2) is 9.45. The topological polar surface area (TPSA) is 280 Å². The summed E-state index contributed by atoms with van der Waals surface area (Å²) in [5.41, 5.74) is 1.52. The Labute approximate surface area is 219 Å². The first-order chi connectivity index (χ1) is 17.8. The molecule has 212 valence electrons. The summed E-state index contributed by atoms with van der Waals surface area (Å²) in [4.78, 5) is 46.2. The first-order valence-electron chi connectivity index (χ1n) is 10.9. The van der Waals surface area contributed by atoms with E-state index in [1.54, 1.807) is 0 Å². The van der Waals surface area contributed by atoms with Crippen LogP contribution in [0.15, 0.2) is 25.1 Å². The number of fused-ring (bicyclic) bond motifs is 3. The van der Waals surface area contributed by atoms with E-state index in [0.717, 1.165) is 0 Å². The van der Waals surface area contributed by atoms with Gasteiger partial charge in [-0.2, -0.15) is 25.3 Å². The van der Waals surface area contributed by atoms with Crippen LogP contribution in [0.2, 0.25) is 0 Å². The molecule has 0 radical (unpaired) electrons. The molecule has 19 heteroatoms. The molecule has 2 atom stereocenters. The van der Waals surface area contributed by atoms with Crippen molar-refractivity contribution >= 4 is 64.5 Å². The molecule has 0 spiro atoms. The lowest BCUT2D eigenvalue weighted by Gasteiger charge is -2.23. The normalized spacial score (nSPS) is 19.4. The molecule has 16 nitrogen and oxygen atoms in total. The lowest BCUT2D eigenvalue weighted by molar-refractivity contribution is -0.157. The van der Waals surface area contributed by atoms with E-state index in [1.807, 2.05) is 0 Å². The number of rotatable bonds is 7. The average Bonchev–Trinajstić information content (AvgIpc) is 3.34.